The van der Waals surface area contributed by atoms with Crippen LogP contribution in [0.3, 0.4) is 0 Å². The van der Waals surface area contributed by atoms with Crippen LogP contribution in [0.4, 0.5) is 0 Å². The number of fused-ring (bicyclic) bond motifs is 1. The second-order valence-corrected chi connectivity index (χ2v) is 5.63. The first-order chi connectivity index (χ1) is 10.2. The molecule has 0 saturated heterocycles. The minimum absolute atomic E-state index is 0.199. The monoisotopic (exact) mass is 286 g/mol. The highest BCUT2D eigenvalue weighted by Gasteiger charge is 2.20. The molecule has 21 heavy (non-hydrogen) atoms. The van der Waals surface area contributed by atoms with E-state index in [1.807, 2.05) is 13.0 Å². The molecule has 4 nitrogen and oxygen atoms in total. The Morgan fingerprint density at radius 2 is 2.19 bits per heavy atom. The van der Waals surface area contributed by atoms with Crippen molar-refractivity contribution >= 4 is 0 Å². The zero-order valence-corrected chi connectivity index (χ0v) is 12.6. The van der Waals surface area contributed by atoms with Crippen LogP contribution in [0.15, 0.2) is 34.9 Å². The third kappa shape index (κ3) is 2.82. The Morgan fingerprint density at radius 1 is 1.33 bits per heavy atom. The third-order valence-corrected chi connectivity index (χ3v) is 4.24. The molecule has 0 spiro atoms. The van der Waals surface area contributed by atoms with Gasteiger partial charge in [-0.2, -0.15) is 0 Å². The van der Waals surface area contributed by atoms with Crippen LogP contribution >= 0.6 is 0 Å². The molecule has 0 fully saturated rings. The van der Waals surface area contributed by atoms with Gasteiger partial charge in [0.15, 0.2) is 0 Å². The molecular weight excluding hydrogens is 264 g/mol. The molecular formula is C17H22N2O2. The van der Waals surface area contributed by atoms with E-state index in [0.717, 1.165) is 31.1 Å². The Labute approximate surface area is 125 Å². The summed E-state index contributed by atoms with van der Waals surface area (Å²) in [4.78, 5) is 2.27. The fraction of sp³-hybridized carbons (Fsp3) is 0.412. The SMILES string of the molecule is Cc1occc1CN(C)C(CN)c1ccc2c(c1)CCO2. The highest BCUT2D eigenvalue weighted by Crippen LogP contribution is 2.30. The van der Waals surface area contributed by atoms with Crippen LogP contribution in [0.1, 0.15) is 28.5 Å². The standard InChI is InChI=1S/C17H22N2O2/c1-12-15(6-7-20-12)11-19(2)16(10-18)13-3-4-17-14(9-13)5-8-21-17/h3-4,6-7,9,16H,5,8,10-11,18H2,1-2H3. The van der Waals surface area contributed by atoms with Crippen molar-refractivity contribution in [1.29, 1.82) is 0 Å². The average Bonchev–Trinajstić information content (AvgIpc) is 3.09. The largest absolute Gasteiger partial charge is 0.493 e. The van der Waals surface area contributed by atoms with Gasteiger partial charge in [-0.3, -0.25) is 4.90 Å². The van der Waals surface area contributed by atoms with Crippen molar-refractivity contribution in [2.24, 2.45) is 5.73 Å². The van der Waals surface area contributed by atoms with Crippen molar-refractivity contribution in [3.63, 3.8) is 0 Å². The smallest absolute Gasteiger partial charge is 0.122 e. The first kappa shape index (κ1) is 14.2. The summed E-state index contributed by atoms with van der Waals surface area (Å²) >= 11 is 0. The molecule has 1 aromatic heterocycles. The summed E-state index contributed by atoms with van der Waals surface area (Å²) in [5.74, 6) is 1.99. The van der Waals surface area contributed by atoms with E-state index in [1.54, 1.807) is 6.26 Å². The first-order valence-corrected chi connectivity index (χ1v) is 7.38. The van der Waals surface area contributed by atoms with Gasteiger partial charge in [-0.25, -0.2) is 0 Å². The van der Waals surface area contributed by atoms with Gasteiger partial charge in [-0.1, -0.05) is 12.1 Å². The Hall–Kier alpha value is -1.78. The zero-order chi connectivity index (χ0) is 14.8. The summed E-state index contributed by atoms with van der Waals surface area (Å²) in [6, 6.07) is 8.65. The van der Waals surface area contributed by atoms with Crippen LogP contribution in [0.5, 0.6) is 5.75 Å². The molecule has 4 heteroatoms. The fourth-order valence-corrected chi connectivity index (χ4v) is 2.94. The molecule has 1 aliphatic rings. The highest BCUT2D eigenvalue weighted by atomic mass is 16.5. The minimum Gasteiger partial charge on any atom is -0.493 e. The van der Waals surface area contributed by atoms with Crippen molar-refractivity contribution < 1.29 is 9.15 Å². The Morgan fingerprint density at radius 3 is 2.90 bits per heavy atom. The van der Waals surface area contributed by atoms with E-state index in [4.69, 9.17) is 14.9 Å². The number of hydrogen-bond donors (Lipinski definition) is 1. The van der Waals surface area contributed by atoms with Gasteiger partial charge in [-0.15, -0.1) is 0 Å². The molecule has 2 aromatic rings. The molecule has 1 aliphatic heterocycles. The molecule has 3 rings (SSSR count). The second kappa shape index (κ2) is 5.92. The number of benzene rings is 1. The third-order valence-electron chi connectivity index (χ3n) is 4.24. The molecule has 0 amide bonds. The van der Waals surface area contributed by atoms with E-state index in [1.165, 1.54) is 16.7 Å². The molecule has 0 saturated carbocycles. The van der Waals surface area contributed by atoms with Gasteiger partial charge in [0, 0.05) is 31.1 Å². The van der Waals surface area contributed by atoms with E-state index in [9.17, 15) is 0 Å². The molecule has 1 unspecified atom stereocenters. The molecule has 2 N–H and O–H groups in total. The van der Waals surface area contributed by atoms with Crippen molar-refractivity contribution in [2.45, 2.75) is 25.9 Å². The predicted octanol–water partition coefficient (Wildman–Crippen LogP) is 2.65. The quantitative estimate of drug-likeness (QED) is 0.918. The predicted molar refractivity (Wildman–Crippen MR) is 82.3 cm³/mol. The lowest BCUT2D eigenvalue weighted by molar-refractivity contribution is 0.240. The number of furan rings is 1. The topological polar surface area (TPSA) is 51.6 Å². The van der Waals surface area contributed by atoms with Gasteiger partial charge >= 0.3 is 0 Å². The molecule has 2 heterocycles. The Bertz CT molecular complexity index is 621. The van der Waals surface area contributed by atoms with Gasteiger partial charge in [0.05, 0.1) is 12.9 Å². The minimum atomic E-state index is 0.199. The normalized spacial score (nSPS) is 15.0. The number of hydrogen-bond acceptors (Lipinski definition) is 4. The first-order valence-electron chi connectivity index (χ1n) is 7.38. The van der Waals surface area contributed by atoms with E-state index >= 15 is 0 Å². The van der Waals surface area contributed by atoms with Crippen molar-refractivity contribution in [3.05, 3.63) is 53.0 Å². The summed E-state index contributed by atoms with van der Waals surface area (Å²) in [6.45, 7) is 4.20. The number of aryl methyl sites for hydroxylation is 1. The number of likely N-dealkylation sites (N-methyl/N-ethyl adjacent to an activating group) is 1. The summed E-state index contributed by atoms with van der Waals surface area (Å²) in [5.41, 5.74) is 9.78. The molecule has 1 aromatic carbocycles. The van der Waals surface area contributed by atoms with Crippen LogP contribution < -0.4 is 10.5 Å². The van der Waals surface area contributed by atoms with E-state index < -0.39 is 0 Å². The van der Waals surface area contributed by atoms with E-state index in [2.05, 4.69) is 30.1 Å². The van der Waals surface area contributed by atoms with Gasteiger partial charge in [0.2, 0.25) is 0 Å². The molecule has 1 atom stereocenters. The Balaban J connectivity index is 1.79. The summed E-state index contributed by atoms with van der Waals surface area (Å²) in [6.07, 6.45) is 2.73. The van der Waals surface area contributed by atoms with Crippen LogP contribution in [0, 0.1) is 6.92 Å². The highest BCUT2D eigenvalue weighted by molar-refractivity contribution is 5.41. The lowest BCUT2D eigenvalue weighted by atomic mass is 10.0. The van der Waals surface area contributed by atoms with Gasteiger partial charge in [0.25, 0.3) is 0 Å². The van der Waals surface area contributed by atoms with Crippen LogP contribution in [-0.4, -0.2) is 25.1 Å². The second-order valence-electron chi connectivity index (χ2n) is 5.63. The average molecular weight is 286 g/mol. The van der Waals surface area contributed by atoms with Gasteiger partial charge < -0.3 is 14.9 Å². The Kier molecular flexibility index (Phi) is 3.99. The van der Waals surface area contributed by atoms with Gasteiger partial charge in [0.1, 0.15) is 11.5 Å². The van der Waals surface area contributed by atoms with Crippen molar-refractivity contribution in [3.8, 4) is 5.75 Å². The lowest BCUT2D eigenvalue weighted by Crippen LogP contribution is -2.30. The summed E-state index contributed by atoms with van der Waals surface area (Å²) < 4.78 is 10.9. The maximum absolute atomic E-state index is 6.02. The molecule has 0 aliphatic carbocycles. The lowest BCUT2D eigenvalue weighted by Gasteiger charge is -2.27. The fourth-order valence-electron chi connectivity index (χ4n) is 2.94. The van der Waals surface area contributed by atoms with E-state index in [0.29, 0.717) is 6.54 Å². The van der Waals surface area contributed by atoms with Crippen molar-refractivity contribution in [1.82, 2.24) is 4.90 Å². The van der Waals surface area contributed by atoms with E-state index in [-0.39, 0.29) is 6.04 Å². The number of ether oxygens (including phenoxy) is 1. The maximum atomic E-state index is 6.02. The van der Waals surface area contributed by atoms with Crippen LogP contribution in [-0.2, 0) is 13.0 Å². The molecule has 112 valence electrons. The zero-order valence-electron chi connectivity index (χ0n) is 12.6. The summed E-state index contributed by atoms with van der Waals surface area (Å²) in [7, 11) is 2.10. The number of nitrogens with zero attached hydrogens (tertiary/aromatic N) is 1. The molecule has 0 bridgehead atoms. The number of rotatable bonds is 5. The molecule has 0 radical (unpaired) electrons. The van der Waals surface area contributed by atoms with Crippen LogP contribution in [0.2, 0.25) is 0 Å². The van der Waals surface area contributed by atoms with Crippen LogP contribution in [0.25, 0.3) is 0 Å². The maximum Gasteiger partial charge on any atom is 0.122 e. The summed E-state index contributed by atoms with van der Waals surface area (Å²) in [5, 5.41) is 0. The van der Waals surface area contributed by atoms with Crippen molar-refractivity contribution in [2.75, 3.05) is 20.2 Å². The number of nitrogens with two attached hydrogens (primary N) is 1. The van der Waals surface area contributed by atoms with Gasteiger partial charge in [-0.05, 0) is 37.2 Å².